The Bertz CT molecular complexity index is 324. The number of hydrogen-bond donors (Lipinski definition) is 2. The molecular weight excluding hydrogens is 194 g/mol. The molecule has 0 aliphatic rings. The molecule has 5 nitrogen and oxygen atoms in total. The Morgan fingerprint density at radius 3 is 2.87 bits per heavy atom. The zero-order valence-electron chi connectivity index (χ0n) is 8.86. The van der Waals surface area contributed by atoms with Gasteiger partial charge >= 0.3 is 0 Å². The lowest BCUT2D eigenvalue weighted by Gasteiger charge is -2.12. The van der Waals surface area contributed by atoms with Crippen LogP contribution in [0.4, 0.5) is 5.82 Å². The van der Waals surface area contributed by atoms with Crippen LogP contribution in [0.3, 0.4) is 0 Å². The van der Waals surface area contributed by atoms with E-state index >= 15 is 0 Å². The minimum absolute atomic E-state index is 0.0246. The second-order valence-electron chi connectivity index (χ2n) is 3.30. The highest BCUT2D eigenvalue weighted by Crippen LogP contribution is 2.12. The number of primary amides is 1. The topological polar surface area (TPSA) is 77.2 Å². The molecule has 0 bridgehead atoms. The second kappa shape index (κ2) is 5.19. The summed E-state index contributed by atoms with van der Waals surface area (Å²) < 4.78 is 4.97. The summed E-state index contributed by atoms with van der Waals surface area (Å²) in [6.07, 6.45) is 1.90. The summed E-state index contributed by atoms with van der Waals surface area (Å²) in [5.74, 6) is 1.07. The molecule has 3 N–H and O–H groups in total. The van der Waals surface area contributed by atoms with Crippen LogP contribution in [-0.2, 0) is 4.79 Å². The van der Waals surface area contributed by atoms with E-state index in [1.54, 1.807) is 25.4 Å². The number of pyridine rings is 1. The first-order valence-corrected chi connectivity index (χ1v) is 4.66. The number of ether oxygens (including phenoxy) is 1. The van der Waals surface area contributed by atoms with Crippen LogP contribution in [0.15, 0.2) is 18.3 Å². The first-order valence-electron chi connectivity index (χ1n) is 4.66. The number of rotatable bonds is 5. The average molecular weight is 209 g/mol. The van der Waals surface area contributed by atoms with Gasteiger partial charge in [-0.2, -0.15) is 0 Å². The van der Waals surface area contributed by atoms with Crippen LogP contribution < -0.4 is 15.8 Å². The number of carbonyl (C=O) groups excluding carboxylic acids is 1. The number of methoxy groups -OCH3 is 1. The lowest BCUT2D eigenvalue weighted by atomic mass is 10.2. The van der Waals surface area contributed by atoms with Gasteiger partial charge < -0.3 is 15.8 Å². The maximum absolute atomic E-state index is 10.6. The summed E-state index contributed by atoms with van der Waals surface area (Å²) in [6.45, 7) is 1.87. The van der Waals surface area contributed by atoms with Gasteiger partial charge in [0.1, 0.15) is 11.6 Å². The van der Waals surface area contributed by atoms with Gasteiger partial charge in [-0.3, -0.25) is 4.79 Å². The standard InChI is InChI=1S/C10H15N3O2/c1-7(5-9(11)14)13-10-4-3-8(15-2)6-12-10/h3-4,6-7H,5H2,1-2H3,(H2,11,14)(H,12,13). The van der Waals surface area contributed by atoms with Gasteiger partial charge in [0.2, 0.25) is 5.91 Å². The number of amides is 1. The van der Waals surface area contributed by atoms with E-state index in [1.807, 2.05) is 6.92 Å². The summed E-state index contributed by atoms with van der Waals surface area (Å²) in [5.41, 5.74) is 5.07. The van der Waals surface area contributed by atoms with Crippen molar-refractivity contribution in [2.24, 2.45) is 5.73 Å². The Morgan fingerprint density at radius 1 is 1.67 bits per heavy atom. The molecule has 0 spiro atoms. The largest absolute Gasteiger partial charge is 0.495 e. The fourth-order valence-corrected chi connectivity index (χ4v) is 1.19. The van der Waals surface area contributed by atoms with Gasteiger partial charge in [0.05, 0.1) is 13.3 Å². The smallest absolute Gasteiger partial charge is 0.219 e. The molecule has 1 heterocycles. The summed E-state index contributed by atoms with van der Waals surface area (Å²) in [4.78, 5) is 14.8. The summed E-state index contributed by atoms with van der Waals surface area (Å²) in [6, 6.07) is 3.56. The number of carbonyl (C=O) groups is 1. The van der Waals surface area contributed by atoms with E-state index in [2.05, 4.69) is 10.3 Å². The van der Waals surface area contributed by atoms with Crippen LogP contribution in [0.1, 0.15) is 13.3 Å². The van der Waals surface area contributed by atoms with Gasteiger partial charge in [0.25, 0.3) is 0 Å². The molecule has 1 unspecified atom stereocenters. The number of hydrogen-bond acceptors (Lipinski definition) is 4. The van der Waals surface area contributed by atoms with E-state index in [9.17, 15) is 4.79 Å². The third-order valence-electron chi connectivity index (χ3n) is 1.87. The van der Waals surface area contributed by atoms with Crippen molar-refractivity contribution in [2.75, 3.05) is 12.4 Å². The van der Waals surface area contributed by atoms with Crippen LogP contribution in [0.5, 0.6) is 5.75 Å². The average Bonchev–Trinajstić information content (AvgIpc) is 2.17. The van der Waals surface area contributed by atoms with E-state index in [0.717, 1.165) is 0 Å². The maximum Gasteiger partial charge on any atom is 0.219 e. The molecule has 82 valence electrons. The van der Waals surface area contributed by atoms with Crippen molar-refractivity contribution in [1.29, 1.82) is 0 Å². The quantitative estimate of drug-likeness (QED) is 0.750. The molecule has 0 saturated carbocycles. The normalized spacial score (nSPS) is 11.9. The number of aromatic nitrogens is 1. The highest BCUT2D eigenvalue weighted by atomic mass is 16.5. The number of nitrogens with two attached hydrogens (primary N) is 1. The van der Waals surface area contributed by atoms with Crippen molar-refractivity contribution in [2.45, 2.75) is 19.4 Å². The van der Waals surface area contributed by atoms with Crippen LogP contribution in [0.2, 0.25) is 0 Å². The Morgan fingerprint density at radius 2 is 2.40 bits per heavy atom. The van der Waals surface area contributed by atoms with Crippen molar-refractivity contribution in [1.82, 2.24) is 4.98 Å². The van der Waals surface area contributed by atoms with Crippen LogP contribution in [0, 0.1) is 0 Å². The summed E-state index contributed by atoms with van der Waals surface area (Å²) in [7, 11) is 1.58. The molecule has 1 aromatic rings. The molecule has 0 fully saturated rings. The highest BCUT2D eigenvalue weighted by Gasteiger charge is 2.06. The highest BCUT2D eigenvalue weighted by molar-refractivity contribution is 5.74. The summed E-state index contributed by atoms with van der Waals surface area (Å²) in [5, 5.41) is 3.06. The molecule has 0 radical (unpaired) electrons. The Labute approximate surface area is 88.6 Å². The lowest BCUT2D eigenvalue weighted by molar-refractivity contribution is -0.118. The van der Waals surface area contributed by atoms with Gasteiger partial charge in [-0.15, -0.1) is 0 Å². The first kappa shape index (κ1) is 11.3. The van der Waals surface area contributed by atoms with Crippen molar-refractivity contribution in [3.63, 3.8) is 0 Å². The molecule has 0 aromatic carbocycles. The third-order valence-corrected chi connectivity index (χ3v) is 1.87. The second-order valence-corrected chi connectivity index (χ2v) is 3.30. The molecule has 1 rings (SSSR count). The number of nitrogens with zero attached hydrogens (tertiary/aromatic N) is 1. The SMILES string of the molecule is COc1ccc(NC(C)CC(N)=O)nc1. The third kappa shape index (κ3) is 3.84. The Hall–Kier alpha value is -1.78. The van der Waals surface area contributed by atoms with Gasteiger partial charge in [0.15, 0.2) is 0 Å². The zero-order chi connectivity index (χ0) is 11.3. The fraction of sp³-hybridized carbons (Fsp3) is 0.400. The maximum atomic E-state index is 10.6. The van der Waals surface area contributed by atoms with Gasteiger partial charge in [0, 0.05) is 12.5 Å². The Kier molecular flexibility index (Phi) is 3.91. The molecule has 5 heteroatoms. The molecule has 15 heavy (non-hydrogen) atoms. The zero-order valence-corrected chi connectivity index (χ0v) is 8.86. The summed E-state index contributed by atoms with van der Waals surface area (Å²) >= 11 is 0. The Balaban J connectivity index is 2.53. The van der Waals surface area contributed by atoms with E-state index < -0.39 is 0 Å². The van der Waals surface area contributed by atoms with Gasteiger partial charge in [-0.25, -0.2) is 4.98 Å². The predicted molar refractivity (Wildman–Crippen MR) is 57.7 cm³/mol. The van der Waals surface area contributed by atoms with E-state index in [-0.39, 0.29) is 18.4 Å². The molecule has 1 aromatic heterocycles. The van der Waals surface area contributed by atoms with Crippen LogP contribution >= 0.6 is 0 Å². The molecule has 1 amide bonds. The fourth-order valence-electron chi connectivity index (χ4n) is 1.19. The van der Waals surface area contributed by atoms with E-state index in [1.165, 1.54) is 0 Å². The molecule has 1 atom stereocenters. The molecule has 0 aliphatic carbocycles. The van der Waals surface area contributed by atoms with Gasteiger partial charge in [-0.05, 0) is 19.1 Å². The monoisotopic (exact) mass is 209 g/mol. The van der Waals surface area contributed by atoms with E-state index in [4.69, 9.17) is 10.5 Å². The molecule has 0 aliphatic heterocycles. The predicted octanol–water partition coefficient (Wildman–Crippen LogP) is 0.766. The van der Waals surface area contributed by atoms with Crippen molar-refractivity contribution in [3.8, 4) is 5.75 Å². The van der Waals surface area contributed by atoms with Crippen LogP contribution in [-0.4, -0.2) is 24.0 Å². The number of anilines is 1. The van der Waals surface area contributed by atoms with E-state index in [0.29, 0.717) is 11.6 Å². The van der Waals surface area contributed by atoms with Crippen molar-refractivity contribution < 1.29 is 9.53 Å². The van der Waals surface area contributed by atoms with Gasteiger partial charge in [-0.1, -0.05) is 0 Å². The minimum atomic E-state index is -0.330. The van der Waals surface area contributed by atoms with Crippen molar-refractivity contribution >= 4 is 11.7 Å². The molecular formula is C10H15N3O2. The lowest BCUT2D eigenvalue weighted by Crippen LogP contribution is -2.24. The minimum Gasteiger partial charge on any atom is -0.495 e. The van der Waals surface area contributed by atoms with Crippen LogP contribution in [0.25, 0.3) is 0 Å². The van der Waals surface area contributed by atoms with Crippen molar-refractivity contribution in [3.05, 3.63) is 18.3 Å². The number of nitrogens with one attached hydrogen (secondary N) is 1. The molecule has 0 saturated heterocycles. The first-order chi connectivity index (χ1) is 7.11.